The number of rotatable bonds is 3. The maximum Gasteiger partial charge on any atom is 0.325 e. The van der Waals surface area contributed by atoms with Crippen molar-refractivity contribution in [2.45, 2.75) is 38.3 Å². The summed E-state index contributed by atoms with van der Waals surface area (Å²) in [5, 5.41) is 5.98. The highest BCUT2D eigenvalue weighted by molar-refractivity contribution is 6.09. The fraction of sp³-hybridized carbons (Fsp3) is 0.786. The number of carbonyl (C=O) groups is 3. The minimum atomic E-state index is -0.813. The van der Waals surface area contributed by atoms with E-state index in [-0.39, 0.29) is 30.3 Å². The van der Waals surface area contributed by atoms with Crippen LogP contribution in [0.15, 0.2) is 0 Å². The smallest absolute Gasteiger partial charge is 0.325 e. The largest absolute Gasteiger partial charge is 0.336 e. The molecule has 0 radical (unpaired) electrons. The van der Waals surface area contributed by atoms with Gasteiger partial charge in [-0.1, -0.05) is 0 Å². The van der Waals surface area contributed by atoms with E-state index in [2.05, 4.69) is 10.6 Å². The summed E-state index contributed by atoms with van der Waals surface area (Å²) in [4.78, 5) is 39.7. The van der Waals surface area contributed by atoms with Crippen molar-refractivity contribution in [2.24, 2.45) is 5.92 Å². The molecule has 0 aromatic heterocycles. The monoisotopic (exact) mass is 294 g/mol. The second kappa shape index (κ2) is 4.98. The summed E-state index contributed by atoms with van der Waals surface area (Å²) in [5.74, 6) is -0.203. The van der Waals surface area contributed by atoms with Gasteiger partial charge in [0.25, 0.3) is 5.91 Å². The van der Waals surface area contributed by atoms with Crippen LogP contribution < -0.4 is 10.6 Å². The highest BCUT2D eigenvalue weighted by Gasteiger charge is 2.56. The molecule has 7 heteroatoms. The zero-order chi connectivity index (χ0) is 15.2. The molecule has 0 spiro atoms. The molecule has 1 saturated carbocycles. The Labute approximate surface area is 124 Å². The lowest BCUT2D eigenvalue weighted by molar-refractivity contribution is -0.140. The standard InChI is InChI=1S/C14H22N4O3/c1-9-7-15-5-6-17(9)11(19)8-18-12(20)14(2,10-3-4-10)16-13(18)21/h9-10,15H,3-8H2,1-2H3,(H,16,21)/t9-,14?/m0/s1. The highest BCUT2D eigenvalue weighted by atomic mass is 16.2. The first kappa shape index (κ1) is 14.3. The average Bonchev–Trinajstić information content (AvgIpc) is 3.25. The Morgan fingerprint density at radius 1 is 1.38 bits per heavy atom. The summed E-state index contributed by atoms with van der Waals surface area (Å²) in [6.45, 7) is 5.68. The van der Waals surface area contributed by atoms with Gasteiger partial charge < -0.3 is 15.5 Å². The molecule has 0 aromatic carbocycles. The summed E-state index contributed by atoms with van der Waals surface area (Å²) >= 11 is 0. The van der Waals surface area contributed by atoms with Crippen LogP contribution >= 0.6 is 0 Å². The highest BCUT2D eigenvalue weighted by Crippen LogP contribution is 2.42. The van der Waals surface area contributed by atoms with E-state index in [1.54, 1.807) is 11.8 Å². The first-order valence-corrected chi connectivity index (χ1v) is 7.58. The van der Waals surface area contributed by atoms with Crippen LogP contribution in [0.3, 0.4) is 0 Å². The van der Waals surface area contributed by atoms with Gasteiger partial charge in [-0.05, 0) is 32.6 Å². The summed E-state index contributed by atoms with van der Waals surface area (Å²) in [6, 6.07) is -0.354. The normalized spacial score (nSPS) is 33.3. The van der Waals surface area contributed by atoms with Gasteiger partial charge in [0.15, 0.2) is 0 Å². The maximum atomic E-state index is 12.5. The second-order valence-corrected chi connectivity index (χ2v) is 6.44. The molecule has 3 aliphatic rings. The fourth-order valence-electron chi connectivity index (χ4n) is 3.23. The molecule has 116 valence electrons. The van der Waals surface area contributed by atoms with Crippen LogP contribution in [0.5, 0.6) is 0 Å². The third kappa shape index (κ3) is 2.39. The zero-order valence-corrected chi connectivity index (χ0v) is 12.5. The first-order chi connectivity index (χ1) is 9.93. The van der Waals surface area contributed by atoms with Gasteiger partial charge in [0.2, 0.25) is 5.91 Å². The zero-order valence-electron chi connectivity index (χ0n) is 12.5. The minimum Gasteiger partial charge on any atom is -0.336 e. The predicted octanol–water partition coefficient (Wildman–Crippen LogP) is -0.473. The van der Waals surface area contributed by atoms with Gasteiger partial charge in [0.1, 0.15) is 12.1 Å². The average molecular weight is 294 g/mol. The Kier molecular flexibility index (Phi) is 3.39. The van der Waals surface area contributed by atoms with E-state index in [1.165, 1.54) is 0 Å². The molecule has 3 rings (SSSR count). The van der Waals surface area contributed by atoms with Gasteiger partial charge in [-0.2, -0.15) is 0 Å². The molecule has 3 fully saturated rings. The van der Waals surface area contributed by atoms with E-state index in [0.717, 1.165) is 30.8 Å². The van der Waals surface area contributed by atoms with E-state index in [9.17, 15) is 14.4 Å². The van der Waals surface area contributed by atoms with Crippen molar-refractivity contribution in [3.63, 3.8) is 0 Å². The molecule has 2 atom stereocenters. The second-order valence-electron chi connectivity index (χ2n) is 6.44. The first-order valence-electron chi connectivity index (χ1n) is 7.58. The van der Waals surface area contributed by atoms with Crippen LogP contribution in [0, 0.1) is 5.92 Å². The fourth-order valence-corrected chi connectivity index (χ4v) is 3.23. The topological polar surface area (TPSA) is 81.8 Å². The SMILES string of the molecule is C[C@H]1CNCCN1C(=O)CN1C(=O)NC(C)(C2CC2)C1=O. The molecule has 1 unspecified atom stereocenters. The summed E-state index contributed by atoms with van der Waals surface area (Å²) in [5.41, 5.74) is -0.813. The molecule has 2 saturated heterocycles. The molecular weight excluding hydrogens is 272 g/mol. The van der Waals surface area contributed by atoms with E-state index < -0.39 is 11.6 Å². The molecule has 21 heavy (non-hydrogen) atoms. The molecule has 1 aliphatic carbocycles. The minimum absolute atomic E-state index is 0.0850. The third-order valence-electron chi connectivity index (χ3n) is 4.81. The molecule has 7 nitrogen and oxygen atoms in total. The number of hydrogen-bond acceptors (Lipinski definition) is 4. The van der Waals surface area contributed by atoms with Crippen LogP contribution in [0.25, 0.3) is 0 Å². The molecule has 2 heterocycles. The lowest BCUT2D eigenvalue weighted by Crippen LogP contribution is -2.55. The van der Waals surface area contributed by atoms with E-state index in [4.69, 9.17) is 0 Å². The lowest BCUT2D eigenvalue weighted by Gasteiger charge is -2.34. The number of nitrogens with zero attached hydrogens (tertiary/aromatic N) is 2. The number of hydrogen-bond donors (Lipinski definition) is 2. The summed E-state index contributed by atoms with van der Waals surface area (Å²) < 4.78 is 0. The quantitative estimate of drug-likeness (QED) is 0.689. The Bertz CT molecular complexity index is 491. The van der Waals surface area contributed by atoms with Gasteiger partial charge in [-0.25, -0.2) is 4.79 Å². The van der Waals surface area contributed by atoms with Gasteiger partial charge in [-0.3, -0.25) is 14.5 Å². The summed E-state index contributed by atoms with van der Waals surface area (Å²) in [6.07, 6.45) is 1.91. The Balaban J connectivity index is 1.68. The van der Waals surface area contributed by atoms with Gasteiger partial charge in [-0.15, -0.1) is 0 Å². The van der Waals surface area contributed by atoms with E-state index in [0.29, 0.717) is 6.54 Å². The predicted molar refractivity (Wildman–Crippen MR) is 75.4 cm³/mol. The maximum absolute atomic E-state index is 12.5. The van der Waals surface area contributed by atoms with Crippen LogP contribution in [-0.4, -0.2) is 65.4 Å². The molecule has 4 amide bonds. The lowest BCUT2D eigenvalue weighted by atomic mass is 9.96. The van der Waals surface area contributed by atoms with Gasteiger partial charge in [0, 0.05) is 25.7 Å². The third-order valence-corrected chi connectivity index (χ3v) is 4.81. The molecular formula is C14H22N4O3. The van der Waals surface area contributed by atoms with Crippen LogP contribution in [0.1, 0.15) is 26.7 Å². The van der Waals surface area contributed by atoms with Crippen LogP contribution in [-0.2, 0) is 9.59 Å². The molecule has 0 aromatic rings. The number of carbonyl (C=O) groups excluding carboxylic acids is 3. The van der Waals surface area contributed by atoms with Crippen molar-refractivity contribution in [1.82, 2.24) is 20.4 Å². The Morgan fingerprint density at radius 2 is 2.10 bits per heavy atom. The molecule has 0 bridgehead atoms. The number of amides is 4. The van der Waals surface area contributed by atoms with Crippen molar-refractivity contribution in [3.05, 3.63) is 0 Å². The van der Waals surface area contributed by atoms with Crippen molar-refractivity contribution < 1.29 is 14.4 Å². The summed E-state index contributed by atoms with van der Waals surface area (Å²) in [7, 11) is 0. The van der Waals surface area contributed by atoms with Crippen molar-refractivity contribution >= 4 is 17.8 Å². The van der Waals surface area contributed by atoms with Gasteiger partial charge >= 0.3 is 6.03 Å². The van der Waals surface area contributed by atoms with Crippen LogP contribution in [0.2, 0.25) is 0 Å². The van der Waals surface area contributed by atoms with E-state index in [1.807, 2.05) is 6.92 Å². The van der Waals surface area contributed by atoms with Crippen molar-refractivity contribution in [3.8, 4) is 0 Å². The Hall–Kier alpha value is -1.63. The van der Waals surface area contributed by atoms with Crippen molar-refractivity contribution in [2.75, 3.05) is 26.2 Å². The molecule has 2 aliphatic heterocycles. The van der Waals surface area contributed by atoms with Gasteiger partial charge in [0.05, 0.1) is 0 Å². The number of urea groups is 1. The van der Waals surface area contributed by atoms with Crippen molar-refractivity contribution in [1.29, 1.82) is 0 Å². The number of piperazine rings is 1. The van der Waals surface area contributed by atoms with Crippen LogP contribution in [0.4, 0.5) is 4.79 Å². The Morgan fingerprint density at radius 3 is 2.71 bits per heavy atom. The molecule has 2 N–H and O–H groups in total. The number of imide groups is 1. The van der Waals surface area contributed by atoms with E-state index >= 15 is 0 Å². The number of nitrogens with one attached hydrogen (secondary N) is 2.